The van der Waals surface area contributed by atoms with Gasteiger partial charge in [0, 0.05) is 12.1 Å². The second-order valence-corrected chi connectivity index (χ2v) is 3.77. The topological polar surface area (TPSA) is 124 Å². The number of aromatic nitrogens is 1. The summed E-state index contributed by atoms with van der Waals surface area (Å²) < 4.78 is 18.4. The van der Waals surface area contributed by atoms with Crippen LogP contribution in [0.15, 0.2) is 28.9 Å². The van der Waals surface area contributed by atoms with Crippen molar-refractivity contribution in [1.29, 1.82) is 0 Å². The highest BCUT2D eigenvalue weighted by molar-refractivity contribution is 6.01. The largest absolute Gasteiger partial charge is 0.392 e. The summed E-state index contributed by atoms with van der Waals surface area (Å²) in [6.07, 6.45) is 1.38. The number of nitrogen functional groups attached to an aromatic ring is 1. The molecule has 1 heterocycles. The number of halogens is 1. The van der Waals surface area contributed by atoms with Crippen LogP contribution >= 0.6 is 0 Å². The molecule has 9 heteroatoms. The summed E-state index contributed by atoms with van der Waals surface area (Å²) in [5.41, 5.74) is 3.83. The molecule has 0 aliphatic rings. The molecule has 0 fully saturated rings. The molecule has 0 saturated heterocycles. The van der Waals surface area contributed by atoms with E-state index < -0.39 is 33.6 Å². The van der Waals surface area contributed by atoms with Crippen molar-refractivity contribution < 1.29 is 18.6 Å². The number of nitrogens with two attached hydrogens (primary N) is 1. The van der Waals surface area contributed by atoms with Crippen molar-refractivity contribution in [3.05, 3.63) is 51.7 Å². The molecular weight excluding hydrogens is 271 g/mol. The number of carbonyl (C=O) groups is 1. The molecule has 0 unspecified atom stereocenters. The predicted molar refractivity (Wildman–Crippen MR) is 65.1 cm³/mol. The molecule has 0 spiro atoms. The first-order valence-electron chi connectivity index (χ1n) is 5.41. The van der Waals surface area contributed by atoms with E-state index in [0.717, 1.165) is 12.1 Å². The van der Waals surface area contributed by atoms with E-state index >= 15 is 0 Å². The van der Waals surface area contributed by atoms with Gasteiger partial charge in [-0.2, -0.15) is 0 Å². The first-order valence-corrected chi connectivity index (χ1v) is 5.41. The van der Waals surface area contributed by atoms with Crippen molar-refractivity contribution in [2.45, 2.75) is 6.54 Å². The third-order valence-corrected chi connectivity index (χ3v) is 2.51. The molecule has 1 amide bonds. The maximum absolute atomic E-state index is 13.6. The molecule has 104 valence electrons. The lowest BCUT2D eigenvalue weighted by atomic mass is 10.1. The predicted octanol–water partition coefficient (Wildman–Crippen LogP) is 1.23. The van der Waals surface area contributed by atoms with Gasteiger partial charge in [0.1, 0.15) is 17.1 Å². The van der Waals surface area contributed by atoms with E-state index in [1.54, 1.807) is 0 Å². The van der Waals surface area contributed by atoms with Crippen molar-refractivity contribution in [2.75, 3.05) is 5.73 Å². The molecule has 0 saturated carbocycles. The van der Waals surface area contributed by atoms with Crippen LogP contribution in [0.2, 0.25) is 0 Å². The average Bonchev–Trinajstić information content (AvgIpc) is 2.89. The highest BCUT2D eigenvalue weighted by Crippen LogP contribution is 2.27. The Balaban J connectivity index is 2.25. The second-order valence-electron chi connectivity index (χ2n) is 3.77. The lowest BCUT2D eigenvalue weighted by molar-refractivity contribution is -0.384. The van der Waals surface area contributed by atoms with Crippen LogP contribution in [0.5, 0.6) is 0 Å². The van der Waals surface area contributed by atoms with Gasteiger partial charge in [0.15, 0.2) is 5.76 Å². The summed E-state index contributed by atoms with van der Waals surface area (Å²) in [6, 6.07) is 3.23. The normalized spacial score (nSPS) is 10.2. The smallest absolute Gasteiger partial charge is 0.293 e. The Morgan fingerprint density at radius 2 is 2.25 bits per heavy atom. The monoisotopic (exact) mass is 280 g/mol. The number of hydrogen-bond donors (Lipinski definition) is 2. The molecule has 2 rings (SSSR count). The van der Waals surface area contributed by atoms with Gasteiger partial charge in [0.25, 0.3) is 11.6 Å². The Hall–Kier alpha value is -2.97. The quantitative estimate of drug-likeness (QED) is 0.493. The van der Waals surface area contributed by atoms with Crippen molar-refractivity contribution in [3.8, 4) is 0 Å². The van der Waals surface area contributed by atoms with Crippen LogP contribution in [0.3, 0.4) is 0 Å². The Labute approximate surface area is 111 Å². The van der Waals surface area contributed by atoms with Gasteiger partial charge in [-0.15, -0.1) is 0 Å². The van der Waals surface area contributed by atoms with Gasteiger partial charge in [0.2, 0.25) is 0 Å². The van der Waals surface area contributed by atoms with E-state index in [1.165, 1.54) is 12.3 Å². The van der Waals surface area contributed by atoms with E-state index in [2.05, 4.69) is 10.5 Å². The van der Waals surface area contributed by atoms with Gasteiger partial charge >= 0.3 is 0 Å². The van der Waals surface area contributed by atoms with Crippen LogP contribution in [-0.2, 0) is 6.54 Å². The Bertz CT molecular complexity index is 657. The van der Waals surface area contributed by atoms with E-state index in [0.29, 0.717) is 5.76 Å². The number of anilines is 1. The Morgan fingerprint density at radius 3 is 2.85 bits per heavy atom. The van der Waals surface area contributed by atoms with Crippen LogP contribution in [0.4, 0.5) is 15.8 Å². The number of nitrogens with one attached hydrogen (secondary N) is 1. The number of amides is 1. The van der Waals surface area contributed by atoms with Crippen LogP contribution in [-0.4, -0.2) is 16.0 Å². The number of carbonyl (C=O) groups excluding carboxylic acids is 1. The Morgan fingerprint density at radius 1 is 1.50 bits per heavy atom. The summed E-state index contributed by atoms with van der Waals surface area (Å²) in [4.78, 5) is 21.8. The molecule has 0 aliphatic carbocycles. The first kappa shape index (κ1) is 13.5. The lowest BCUT2D eigenvalue weighted by Crippen LogP contribution is -2.25. The highest BCUT2D eigenvalue weighted by Gasteiger charge is 2.23. The minimum absolute atomic E-state index is 0.0413. The molecule has 8 nitrogen and oxygen atoms in total. The SMILES string of the molecule is Nc1c([N+](=O)[O-])ccc(F)c1C(=O)NCc1ccno1. The van der Waals surface area contributed by atoms with Crippen LogP contribution in [0.1, 0.15) is 16.1 Å². The maximum atomic E-state index is 13.6. The fourth-order valence-electron chi connectivity index (χ4n) is 1.56. The highest BCUT2D eigenvalue weighted by atomic mass is 19.1. The second kappa shape index (κ2) is 5.34. The van der Waals surface area contributed by atoms with Gasteiger partial charge in [0.05, 0.1) is 17.7 Å². The fraction of sp³-hybridized carbons (Fsp3) is 0.0909. The number of hydrogen-bond acceptors (Lipinski definition) is 6. The molecule has 2 aromatic rings. The summed E-state index contributed by atoms with van der Waals surface area (Å²) in [5, 5.41) is 16.5. The minimum atomic E-state index is -0.942. The summed E-state index contributed by atoms with van der Waals surface area (Å²) >= 11 is 0. The first-order chi connectivity index (χ1) is 9.50. The number of nitro groups is 1. The van der Waals surface area contributed by atoms with Gasteiger partial charge in [-0.1, -0.05) is 5.16 Å². The summed E-state index contributed by atoms with van der Waals surface area (Å²) in [6.45, 7) is -0.0413. The van der Waals surface area contributed by atoms with Crippen molar-refractivity contribution in [1.82, 2.24) is 10.5 Å². The fourth-order valence-corrected chi connectivity index (χ4v) is 1.56. The minimum Gasteiger partial charge on any atom is -0.392 e. The van der Waals surface area contributed by atoms with Crippen LogP contribution in [0.25, 0.3) is 0 Å². The Kier molecular flexibility index (Phi) is 3.60. The number of nitro benzene ring substituents is 1. The van der Waals surface area contributed by atoms with E-state index in [4.69, 9.17) is 10.3 Å². The van der Waals surface area contributed by atoms with Crippen molar-refractivity contribution in [2.24, 2.45) is 0 Å². The average molecular weight is 280 g/mol. The summed E-state index contributed by atoms with van der Waals surface area (Å²) in [5.74, 6) is -1.47. The number of rotatable bonds is 4. The zero-order chi connectivity index (χ0) is 14.7. The standard InChI is InChI=1S/C11H9FN4O4/c12-7-1-2-8(16(18)19)10(13)9(7)11(17)14-5-6-3-4-15-20-6/h1-4H,5,13H2,(H,14,17). The molecule has 3 N–H and O–H groups in total. The van der Waals surface area contributed by atoms with Gasteiger partial charge < -0.3 is 15.6 Å². The molecule has 0 bridgehead atoms. The third kappa shape index (κ3) is 2.55. The van der Waals surface area contributed by atoms with Crippen molar-refractivity contribution >= 4 is 17.3 Å². The van der Waals surface area contributed by atoms with Gasteiger partial charge in [-0.25, -0.2) is 4.39 Å². The molecule has 0 radical (unpaired) electrons. The molecule has 0 atom stereocenters. The van der Waals surface area contributed by atoms with Gasteiger partial charge in [-0.3, -0.25) is 14.9 Å². The number of nitrogens with zero attached hydrogens (tertiary/aromatic N) is 2. The van der Waals surface area contributed by atoms with E-state index in [1.807, 2.05) is 0 Å². The lowest BCUT2D eigenvalue weighted by Gasteiger charge is -2.07. The van der Waals surface area contributed by atoms with Gasteiger partial charge in [-0.05, 0) is 6.07 Å². The number of benzene rings is 1. The molecule has 20 heavy (non-hydrogen) atoms. The van der Waals surface area contributed by atoms with Crippen molar-refractivity contribution in [3.63, 3.8) is 0 Å². The van der Waals surface area contributed by atoms with Crippen LogP contribution < -0.4 is 11.1 Å². The maximum Gasteiger partial charge on any atom is 0.293 e. The van der Waals surface area contributed by atoms with E-state index in [-0.39, 0.29) is 6.54 Å². The zero-order valence-electron chi connectivity index (χ0n) is 10.00. The molecule has 0 aliphatic heterocycles. The molecular formula is C11H9FN4O4. The molecule has 1 aromatic heterocycles. The van der Waals surface area contributed by atoms with E-state index in [9.17, 15) is 19.3 Å². The molecule has 1 aromatic carbocycles. The van der Waals surface area contributed by atoms with Crippen LogP contribution in [0, 0.1) is 15.9 Å². The summed E-state index contributed by atoms with van der Waals surface area (Å²) in [7, 11) is 0. The third-order valence-electron chi connectivity index (χ3n) is 2.51. The zero-order valence-corrected chi connectivity index (χ0v) is 10.00.